The number of aryl methyl sites for hydroxylation is 1. The van der Waals surface area contributed by atoms with Gasteiger partial charge in [0, 0.05) is 30.2 Å². The summed E-state index contributed by atoms with van der Waals surface area (Å²) in [5, 5.41) is 13.1. The molecule has 0 bridgehead atoms. The fourth-order valence-electron chi connectivity index (χ4n) is 3.44. The van der Waals surface area contributed by atoms with Crippen LogP contribution in [0.2, 0.25) is 0 Å². The molecule has 1 atom stereocenters. The van der Waals surface area contributed by atoms with Gasteiger partial charge in [0.25, 0.3) is 0 Å². The van der Waals surface area contributed by atoms with Crippen molar-refractivity contribution >= 4 is 22.5 Å². The number of hydrogen-bond acceptors (Lipinski definition) is 5. The van der Waals surface area contributed by atoms with E-state index >= 15 is 0 Å². The van der Waals surface area contributed by atoms with Gasteiger partial charge in [-0.3, -0.25) is 14.4 Å². The Hall–Kier alpha value is -2.80. The molecular formula is C19H22N6O. The van der Waals surface area contributed by atoms with Crippen molar-refractivity contribution in [1.82, 2.24) is 24.9 Å². The first-order valence-corrected chi connectivity index (χ1v) is 8.89. The Morgan fingerprint density at radius 2 is 2.19 bits per heavy atom. The Bertz CT molecular complexity index is 950. The standard InChI is InChI=1S/C19H22N6O/c1-13-4-3-7-25(13)12-19(26)21-18-9-16-8-14(5-6-15(16)10-20-18)17-11-24(2)23-22-17/h5-6,8-11,13H,3-4,7,12H2,1-2H3,(H,20,21,26). The van der Waals surface area contributed by atoms with Gasteiger partial charge in [0.2, 0.25) is 5.91 Å². The monoisotopic (exact) mass is 350 g/mol. The van der Waals surface area contributed by atoms with Gasteiger partial charge in [-0.15, -0.1) is 5.10 Å². The van der Waals surface area contributed by atoms with E-state index < -0.39 is 0 Å². The van der Waals surface area contributed by atoms with Gasteiger partial charge in [-0.1, -0.05) is 17.3 Å². The Labute approximate surface area is 152 Å². The van der Waals surface area contributed by atoms with Crippen molar-refractivity contribution in [2.75, 3.05) is 18.4 Å². The number of pyridine rings is 1. The summed E-state index contributed by atoms with van der Waals surface area (Å²) in [6, 6.07) is 8.42. The van der Waals surface area contributed by atoms with Crippen LogP contribution < -0.4 is 5.32 Å². The lowest BCUT2D eigenvalue weighted by atomic mass is 10.1. The summed E-state index contributed by atoms with van der Waals surface area (Å²) in [4.78, 5) is 18.9. The molecular weight excluding hydrogens is 328 g/mol. The average molecular weight is 350 g/mol. The number of hydrogen-bond donors (Lipinski definition) is 1. The molecule has 1 saturated heterocycles. The number of carbonyl (C=O) groups excluding carboxylic acids is 1. The highest BCUT2D eigenvalue weighted by Crippen LogP contribution is 2.24. The number of rotatable bonds is 4. The Kier molecular flexibility index (Phi) is 4.38. The van der Waals surface area contributed by atoms with E-state index in [-0.39, 0.29) is 5.91 Å². The highest BCUT2D eigenvalue weighted by atomic mass is 16.2. The van der Waals surface area contributed by atoms with Crippen molar-refractivity contribution in [1.29, 1.82) is 0 Å². The predicted octanol–water partition coefficient (Wildman–Crippen LogP) is 2.45. The molecule has 4 rings (SSSR count). The van der Waals surface area contributed by atoms with Gasteiger partial charge in [-0.2, -0.15) is 0 Å². The maximum Gasteiger partial charge on any atom is 0.239 e. The molecule has 0 aliphatic carbocycles. The van der Waals surface area contributed by atoms with Gasteiger partial charge >= 0.3 is 0 Å². The molecule has 1 aliphatic rings. The van der Waals surface area contributed by atoms with Crippen LogP contribution in [-0.2, 0) is 11.8 Å². The second-order valence-corrected chi connectivity index (χ2v) is 6.92. The van der Waals surface area contributed by atoms with E-state index in [4.69, 9.17) is 0 Å². The van der Waals surface area contributed by atoms with Crippen LogP contribution in [0.25, 0.3) is 22.0 Å². The normalized spacial score (nSPS) is 17.7. The number of fused-ring (bicyclic) bond motifs is 1. The molecule has 0 spiro atoms. The first-order chi connectivity index (χ1) is 12.6. The van der Waals surface area contributed by atoms with Crippen molar-refractivity contribution < 1.29 is 4.79 Å². The molecule has 7 heteroatoms. The van der Waals surface area contributed by atoms with Crippen molar-refractivity contribution in [2.45, 2.75) is 25.8 Å². The van der Waals surface area contributed by atoms with Crippen LogP contribution in [0.15, 0.2) is 36.7 Å². The zero-order chi connectivity index (χ0) is 18.1. The second kappa shape index (κ2) is 6.84. The number of likely N-dealkylation sites (tertiary alicyclic amines) is 1. The number of benzene rings is 1. The van der Waals surface area contributed by atoms with Crippen molar-refractivity contribution in [2.24, 2.45) is 7.05 Å². The minimum atomic E-state index is -0.0179. The largest absolute Gasteiger partial charge is 0.310 e. The zero-order valence-electron chi connectivity index (χ0n) is 15.0. The SMILES string of the molecule is CC1CCCN1CC(=O)Nc1cc2cc(-c3cn(C)nn3)ccc2cn1. The molecule has 1 N–H and O–H groups in total. The summed E-state index contributed by atoms with van der Waals surface area (Å²) in [6.07, 6.45) is 5.98. The minimum Gasteiger partial charge on any atom is -0.310 e. The number of nitrogens with zero attached hydrogens (tertiary/aromatic N) is 5. The maximum atomic E-state index is 12.3. The van der Waals surface area contributed by atoms with Crippen LogP contribution in [0.1, 0.15) is 19.8 Å². The van der Waals surface area contributed by atoms with Crippen molar-refractivity contribution in [3.63, 3.8) is 0 Å². The first-order valence-electron chi connectivity index (χ1n) is 8.89. The van der Waals surface area contributed by atoms with Gasteiger partial charge < -0.3 is 5.32 Å². The molecule has 3 aromatic rings. The van der Waals surface area contributed by atoms with Gasteiger partial charge in [0.15, 0.2) is 0 Å². The van der Waals surface area contributed by atoms with E-state index in [1.165, 1.54) is 0 Å². The molecule has 0 radical (unpaired) electrons. The lowest BCUT2D eigenvalue weighted by Crippen LogP contribution is -2.35. The van der Waals surface area contributed by atoms with Crippen LogP contribution in [-0.4, -0.2) is 49.9 Å². The van der Waals surface area contributed by atoms with Gasteiger partial charge in [-0.25, -0.2) is 4.98 Å². The lowest BCUT2D eigenvalue weighted by Gasteiger charge is -2.19. The van der Waals surface area contributed by atoms with E-state index in [1.54, 1.807) is 10.9 Å². The summed E-state index contributed by atoms with van der Waals surface area (Å²) in [5.41, 5.74) is 1.81. The Morgan fingerprint density at radius 3 is 2.92 bits per heavy atom. The number of amides is 1. The Balaban J connectivity index is 1.53. The minimum absolute atomic E-state index is 0.0179. The van der Waals surface area contributed by atoms with Crippen molar-refractivity contribution in [3.05, 3.63) is 36.7 Å². The summed E-state index contributed by atoms with van der Waals surface area (Å²) >= 11 is 0. The third-order valence-electron chi connectivity index (χ3n) is 4.92. The van der Waals surface area contributed by atoms with Gasteiger partial charge in [0.05, 0.1) is 12.7 Å². The van der Waals surface area contributed by atoms with Crippen LogP contribution in [0, 0.1) is 0 Å². The van der Waals surface area contributed by atoms with Gasteiger partial charge in [-0.05, 0) is 43.8 Å². The van der Waals surface area contributed by atoms with E-state index in [1.807, 2.05) is 37.5 Å². The highest BCUT2D eigenvalue weighted by Gasteiger charge is 2.22. The fraction of sp³-hybridized carbons (Fsp3) is 0.368. The lowest BCUT2D eigenvalue weighted by molar-refractivity contribution is -0.117. The molecule has 134 valence electrons. The molecule has 7 nitrogen and oxygen atoms in total. The smallest absolute Gasteiger partial charge is 0.239 e. The van der Waals surface area contributed by atoms with Crippen LogP contribution in [0.5, 0.6) is 0 Å². The highest BCUT2D eigenvalue weighted by molar-refractivity contribution is 5.94. The quantitative estimate of drug-likeness (QED) is 0.782. The number of anilines is 1. The molecule has 0 saturated carbocycles. The van der Waals surface area contributed by atoms with E-state index in [0.29, 0.717) is 18.4 Å². The van der Waals surface area contributed by atoms with E-state index in [2.05, 4.69) is 32.4 Å². The molecule has 1 aliphatic heterocycles. The Morgan fingerprint density at radius 1 is 1.31 bits per heavy atom. The molecule has 1 unspecified atom stereocenters. The first kappa shape index (κ1) is 16.7. The summed E-state index contributed by atoms with van der Waals surface area (Å²) < 4.78 is 1.68. The molecule has 26 heavy (non-hydrogen) atoms. The van der Waals surface area contributed by atoms with E-state index in [0.717, 1.165) is 41.4 Å². The van der Waals surface area contributed by atoms with Crippen molar-refractivity contribution in [3.8, 4) is 11.3 Å². The second-order valence-electron chi connectivity index (χ2n) is 6.92. The average Bonchev–Trinajstić information content (AvgIpc) is 3.23. The summed E-state index contributed by atoms with van der Waals surface area (Å²) in [6.45, 7) is 3.57. The van der Waals surface area contributed by atoms with Crippen LogP contribution in [0.3, 0.4) is 0 Å². The topological polar surface area (TPSA) is 75.9 Å². The third kappa shape index (κ3) is 3.43. The van der Waals surface area contributed by atoms with Crippen LogP contribution in [0.4, 0.5) is 5.82 Å². The number of aromatic nitrogens is 4. The van der Waals surface area contributed by atoms with Gasteiger partial charge in [0.1, 0.15) is 11.5 Å². The molecule has 3 heterocycles. The molecule has 2 aromatic heterocycles. The maximum absolute atomic E-state index is 12.3. The zero-order valence-corrected chi connectivity index (χ0v) is 15.0. The molecule has 1 amide bonds. The van der Waals surface area contributed by atoms with Crippen LogP contribution >= 0.6 is 0 Å². The molecule has 1 fully saturated rings. The number of nitrogens with one attached hydrogen (secondary N) is 1. The van der Waals surface area contributed by atoms with E-state index in [9.17, 15) is 4.79 Å². The predicted molar refractivity (Wildman–Crippen MR) is 101 cm³/mol. The third-order valence-corrected chi connectivity index (χ3v) is 4.92. The summed E-state index contributed by atoms with van der Waals surface area (Å²) in [7, 11) is 1.84. The fourth-order valence-corrected chi connectivity index (χ4v) is 3.44. The summed E-state index contributed by atoms with van der Waals surface area (Å²) in [5.74, 6) is 0.557. The number of carbonyl (C=O) groups is 1. The molecule has 1 aromatic carbocycles.